The molecule has 0 atom stereocenters. The maximum atomic E-state index is 9.91. The fourth-order valence-electron chi connectivity index (χ4n) is 0.279. The van der Waals surface area contributed by atoms with Gasteiger partial charge in [0.25, 0.3) is 0 Å². The van der Waals surface area contributed by atoms with Crippen LogP contribution in [0.5, 0.6) is 0 Å². The molecule has 64 valence electrons. The first-order chi connectivity index (χ1) is 5.04. The van der Waals surface area contributed by atoms with Gasteiger partial charge in [-0.3, -0.25) is 10.1 Å². The van der Waals surface area contributed by atoms with Crippen molar-refractivity contribution in [1.29, 1.82) is 0 Å². The number of nitro groups is 1. The number of rotatable bonds is 2. The van der Waals surface area contributed by atoms with Gasteiger partial charge in [-0.1, -0.05) is 36.4 Å². The molecule has 0 heterocycles. The predicted molar refractivity (Wildman–Crippen MR) is 50.2 cm³/mol. The molecule has 0 fully saturated rings. The zero-order valence-corrected chi connectivity index (χ0v) is 8.51. The van der Waals surface area contributed by atoms with E-state index in [1.165, 1.54) is 13.0 Å². The Morgan fingerprint density at radius 3 is 2.09 bits per heavy atom. The minimum Gasteiger partial charge on any atom is -0.259 e. The van der Waals surface area contributed by atoms with Crippen LogP contribution in [0.3, 0.4) is 0 Å². The normalized spacial score (nSPS) is 9.64. The van der Waals surface area contributed by atoms with Gasteiger partial charge < -0.3 is 0 Å². The summed E-state index contributed by atoms with van der Waals surface area (Å²) in [5, 5.41) is 9.91. The monoisotopic (exact) mass is 221 g/mol. The average Bonchev–Trinajstić information content (AvgIpc) is 1.90. The molecular formula is C7H12BrNO2. The molecule has 0 bridgehead atoms. The molecule has 0 aliphatic heterocycles. The van der Waals surface area contributed by atoms with Crippen molar-refractivity contribution in [2.24, 2.45) is 0 Å². The van der Waals surface area contributed by atoms with Crippen LogP contribution < -0.4 is 0 Å². The van der Waals surface area contributed by atoms with Crippen molar-refractivity contribution >= 4 is 15.9 Å². The molecule has 0 radical (unpaired) electrons. The first-order valence-electron chi connectivity index (χ1n) is 3.21. The summed E-state index contributed by atoms with van der Waals surface area (Å²) in [5.74, 6) is 0. The summed E-state index contributed by atoms with van der Waals surface area (Å²) in [7, 11) is 0. The van der Waals surface area contributed by atoms with Crippen LogP contribution in [0, 0.1) is 10.1 Å². The lowest BCUT2D eigenvalue weighted by Crippen LogP contribution is -1.92. The van der Waals surface area contributed by atoms with Crippen molar-refractivity contribution in [1.82, 2.24) is 0 Å². The van der Waals surface area contributed by atoms with E-state index in [-0.39, 0.29) is 5.70 Å². The fourth-order valence-corrected chi connectivity index (χ4v) is 0.611. The molecule has 0 aromatic carbocycles. The maximum Gasteiger partial charge on any atom is 0.244 e. The SMILES string of the molecule is C=C(Br)/C=C(\C)[N+](=O)[O-].CC. The Kier molecular flexibility index (Phi) is 8.82. The Labute approximate surface area is 75.1 Å². The van der Waals surface area contributed by atoms with E-state index in [0.717, 1.165) is 0 Å². The Balaban J connectivity index is 0. The molecule has 3 nitrogen and oxygen atoms in total. The number of hydrogen-bond donors (Lipinski definition) is 0. The van der Waals surface area contributed by atoms with E-state index >= 15 is 0 Å². The summed E-state index contributed by atoms with van der Waals surface area (Å²) >= 11 is 2.97. The Hall–Kier alpha value is -0.640. The maximum absolute atomic E-state index is 9.91. The lowest BCUT2D eigenvalue weighted by atomic mass is 10.4. The Bertz CT molecular complexity index is 175. The summed E-state index contributed by atoms with van der Waals surface area (Å²) in [4.78, 5) is 9.44. The summed E-state index contributed by atoms with van der Waals surface area (Å²) in [6.45, 7) is 8.82. The minimum atomic E-state index is -0.466. The van der Waals surface area contributed by atoms with Gasteiger partial charge in [0.2, 0.25) is 5.70 Å². The molecule has 0 N–H and O–H groups in total. The second kappa shape index (κ2) is 7.47. The van der Waals surface area contributed by atoms with Crippen molar-refractivity contribution < 1.29 is 4.92 Å². The van der Waals surface area contributed by atoms with Crippen LogP contribution >= 0.6 is 15.9 Å². The molecule has 0 aromatic rings. The van der Waals surface area contributed by atoms with E-state index in [2.05, 4.69) is 22.5 Å². The molecule has 0 spiro atoms. The van der Waals surface area contributed by atoms with Gasteiger partial charge in [-0.15, -0.1) is 0 Å². The Morgan fingerprint density at radius 1 is 1.64 bits per heavy atom. The van der Waals surface area contributed by atoms with E-state index in [1.54, 1.807) is 0 Å². The van der Waals surface area contributed by atoms with Gasteiger partial charge >= 0.3 is 0 Å². The summed E-state index contributed by atoms with van der Waals surface area (Å²) < 4.78 is 0.511. The number of allylic oxidation sites excluding steroid dienone is 3. The molecule has 0 rings (SSSR count). The zero-order chi connectivity index (χ0) is 9.44. The number of hydrogen-bond acceptors (Lipinski definition) is 2. The van der Waals surface area contributed by atoms with Crippen molar-refractivity contribution in [2.45, 2.75) is 20.8 Å². The largest absolute Gasteiger partial charge is 0.259 e. The van der Waals surface area contributed by atoms with E-state index < -0.39 is 4.92 Å². The van der Waals surface area contributed by atoms with Crippen molar-refractivity contribution in [3.8, 4) is 0 Å². The van der Waals surface area contributed by atoms with E-state index in [9.17, 15) is 10.1 Å². The van der Waals surface area contributed by atoms with Gasteiger partial charge in [-0.25, -0.2) is 0 Å². The summed E-state index contributed by atoms with van der Waals surface area (Å²) in [6.07, 6.45) is 1.35. The third-order valence-corrected chi connectivity index (χ3v) is 0.882. The molecule has 0 aliphatic rings. The highest BCUT2D eigenvalue weighted by Crippen LogP contribution is 2.06. The van der Waals surface area contributed by atoms with Crippen LogP contribution in [-0.4, -0.2) is 4.92 Å². The van der Waals surface area contributed by atoms with Gasteiger partial charge in [-0.05, 0) is 0 Å². The van der Waals surface area contributed by atoms with Crippen LogP contribution in [0.25, 0.3) is 0 Å². The van der Waals surface area contributed by atoms with E-state index in [1.807, 2.05) is 13.8 Å². The zero-order valence-electron chi connectivity index (χ0n) is 6.93. The van der Waals surface area contributed by atoms with Crippen LogP contribution in [0.2, 0.25) is 0 Å². The van der Waals surface area contributed by atoms with Crippen LogP contribution in [0.15, 0.2) is 22.8 Å². The minimum absolute atomic E-state index is 0.0804. The summed E-state index contributed by atoms with van der Waals surface area (Å²) in [6, 6.07) is 0. The van der Waals surface area contributed by atoms with E-state index in [0.29, 0.717) is 4.48 Å². The molecule has 0 saturated carbocycles. The van der Waals surface area contributed by atoms with Gasteiger partial charge in [0, 0.05) is 17.5 Å². The van der Waals surface area contributed by atoms with Crippen LogP contribution in [-0.2, 0) is 0 Å². The smallest absolute Gasteiger partial charge is 0.244 e. The highest BCUT2D eigenvalue weighted by molar-refractivity contribution is 9.11. The Morgan fingerprint density at radius 2 is 2.00 bits per heavy atom. The van der Waals surface area contributed by atoms with Gasteiger partial charge in [0.15, 0.2) is 0 Å². The van der Waals surface area contributed by atoms with Gasteiger partial charge in [-0.2, -0.15) is 0 Å². The molecule has 0 aliphatic carbocycles. The number of nitrogens with zero attached hydrogens (tertiary/aromatic N) is 1. The standard InChI is InChI=1S/C5H6BrNO2.C2H6/c1-4(6)3-5(2)7(8)9;1-2/h3H,1H2,2H3;1-2H3/b5-3+;. The van der Waals surface area contributed by atoms with Gasteiger partial charge in [0.05, 0.1) is 4.92 Å². The van der Waals surface area contributed by atoms with Crippen LogP contribution in [0.4, 0.5) is 0 Å². The first kappa shape index (κ1) is 13.0. The molecule has 0 amide bonds. The molecular weight excluding hydrogens is 210 g/mol. The lowest BCUT2D eigenvalue weighted by molar-refractivity contribution is -0.424. The second-order valence-corrected chi connectivity index (χ2v) is 2.51. The van der Waals surface area contributed by atoms with E-state index in [4.69, 9.17) is 0 Å². The fraction of sp³-hybridized carbons (Fsp3) is 0.429. The van der Waals surface area contributed by atoms with Crippen molar-refractivity contribution in [3.63, 3.8) is 0 Å². The quantitative estimate of drug-likeness (QED) is 0.409. The molecule has 0 aromatic heterocycles. The topological polar surface area (TPSA) is 43.1 Å². The van der Waals surface area contributed by atoms with Crippen LogP contribution in [0.1, 0.15) is 20.8 Å². The number of halogens is 1. The molecule has 11 heavy (non-hydrogen) atoms. The molecule has 0 unspecified atom stereocenters. The molecule has 4 heteroatoms. The highest BCUT2D eigenvalue weighted by Gasteiger charge is 1.99. The first-order valence-corrected chi connectivity index (χ1v) is 4.00. The second-order valence-electron chi connectivity index (χ2n) is 1.49. The predicted octanol–water partition coefficient (Wildman–Crippen LogP) is 3.10. The lowest BCUT2D eigenvalue weighted by Gasteiger charge is -1.86. The average molecular weight is 222 g/mol. The third kappa shape index (κ3) is 9.36. The third-order valence-electron chi connectivity index (χ3n) is 0.653. The molecule has 0 saturated heterocycles. The van der Waals surface area contributed by atoms with Crippen molar-refractivity contribution in [2.75, 3.05) is 0 Å². The highest BCUT2D eigenvalue weighted by atomic mass is 79.9. The van der Waals surface area contributed by atoms with Gasteiger partial charge in [0.1, 0.15) is 0 Å². The van der Waals surface area contributed by atoms with Crippen molar-refractivity contribution in [3.05, 3.63) is 32.9 Å². The summed E-state index contributed by atoms with van der Waals surface area (Å²) in [5.41, 5.74) is 0.0804.